The van der Waals surface area contributed by atoms with Crippen molar-refractivity contribution < 1.29 is 27.2 Å². The third-order valence-corrected chi connectivity index (χ3v) is 8.21. The fourth-order valence-electron chi connectivity index (χ4n) is 5.02. The first-order chi connectivity index (χ1) is 16.3. The molecule has 35 heavy (non-hydrogen) atoms. The van der Waals surface area contributed by atoms with Gasteiger partial charge in [-0.25, -0.2) is 9.78 Å². The Bertz CT molecular complexity index is 1210. The van der Waals surface area contributed by atoms with Gasteiger partial charge in [0.25, 0.3) is 10.1 Å². The number of nitrogens with zero attached hydrogens (tertiary/aromatic N) is 2. The van der Waals surface area contributed by atoms with Crippen molar-refractivity contribution in [3.05, 3.63) is 52.7 Å². The van der Waals surface area contributed by atoms with E-state index in [0.29, 0.717) is 18.7 Å². The Morgan fingerprint density at radius 2 is 1.83 bits per heavy atom. The number of hydrogen-bond acceptors (Lipinski definition) is 6. The standard InChI is InChI=1S/C26H34N2O6S/c1-17-6-8-21(9-7-17)35(31,32)34-15-19-12-20-14-27-23(18(2)22(20)13-19)33-16-26(10-11-26)28(24(29)30)25(3,4)5/h6-9,14,19H,10-13,15-16H2,1-5H3,(H,29,30). The highest BCUT2D eigenvalue weighted by Gasteiger charge is 2.55. The molecule has 2 aromatic rings. The van der Waals surface area contributed by atoms with E-state index in [1.54, 1.807) is 30.5 Å². The second kappa shape index (κ2) is 9.09. The first-order valence-electron chi connectivity index (χ1n) is 11.9. The maximum atomic E-state index is 12.6. The molecule has 1 saturated carbocycles. The van der Waals surface area contributed by atoms with Crippen LogP contribution in [0.2, 0.25) is 0 Å². The van der Waals surface area contributed by atoms with E-state index < -0.39 is 27.3 Å². The molecular formula is C26H34N2O6S. The van der Waals surface area contributed by atoms with Gasteiger partial charge >= 0.3 is 6.09 Å². The molecule has 190 valence electrons. The SMILES string of the molecule is Cc1ccc(S(=O)(=O)OCC2Cc3cnc(OCC4(N(C(=O)O)C(C)(C)C)CC4)c(C)c3C2)cc1. The van der Waals surface area contributed by atoms with Crippen LogP contribution in [0.1, 0.15) is 55.9 Å². The topological polar surface area (TPSA) is 106 Å². The Morgan fingerprint density at radius 3 is 2.40 bits per heavy atom. The van der Waals surface area contributed by atoms with Gasteiger partial charge in [0.15, 0.2) is 0 Å². The van der Waals surface area contributed by atoms with E-state index in [4.69, 9.17) is 8.92 Å². The van der Waals surface area contributed by atoms with Crippen LogP contribution >= 0.6 is 0 Å². The number of amides is 1. The molecule has 0 saturated heterocycles. The molecule has 2 aliphatic rings. The predicted molar refractivity (Wildman–Crippen MR) is 131 cm³/mol. The normalized spacial score (nSPS) is 18.7. The number of aromatic nitrogens is 1. The first-order valence-corrected chi connectivity index (χ1v) is 13.3. The van der Waals surface area contributed by atoms with Gasteiger partial charge in [-0.2, -0.15) is 8.42 Å². The monoisotopic (exact) mass is 502 g/mol. The lowest BCUT2D eigenvalue weighted by atomic mass is 10.0. The van der Waals surface area contributed by atoms with E-state index in [1.165, 1.54) is 4.90 Å². The second-order valence-electron chi connectivity index (χ2n) is 10.8. The van der Waals surface area contributed by atoms with Crippen LogP contribution in [-0.2, 0) is 27.1 Å². The highest BCUT2D eigenvalue weighted by molar-refractivity contribution is 7.86. The van der Waals surface area contributed by atoms with Crippen LogP contribution in [-0.4, -0.2) is 53.8 Å². The number of fused-ring (bicyclic) bond motifs is 1. The minimum Gasteiger partial charge on any atom is -0.475 e. The van der Waals surface area contributed by atoms with Gasteiger partial charge in [0.2, 0.25) is 5.88 Å². The highest BCUT2D eigenvalue weighted by Crippen LogP contribution is 2.46. The average Bonchev–Trinajstić information content (AvgIpc) is 3.39. The van der Waals surface area contributed by atoms with E-state index in [-0.39, 0.29) is 24.0 Å². The van der Waals surface area contributed by atoms with Gasteiger partial charge in [-0.3, -0.25) is 9.08 Å². The molecule has 0 bridgehead atoms. The largest absolute Gasteiger partial charge is 0.475 e. The molecule has 1 heterocycles. The van der Waals surface area contributed by atoms with Gasteiger partial charge in [-0.05, 0) is 89.5 Å². The zero-order chi connectivity index (χ0) is 25.6. The fourth-order valence-corrected chi connectivity index (χ4v) is 5.99. The fraction of sp³-hybridized carbons (Fsp3) is 0.538. The minimum atomic E-state index is -3.81. The van der Waals surface area contributed by atoms with Gasteiger partial charge in [-0.15, -0.1) is 0 Å². The van der Waals surface area contributed by atoms with Gasteiger partial charge in [-0.1, -0.05) is 17.7 Å². The summed E-state index contributed by atoms with van der Waals surface area (Å²) in [4.78, 5) is 18.1. The van der Waals surface area contributed by atoms with E-state index in [2.05, 4.69) is 4.98 Å². The van der Waals surface area contributed by atoms with Crippen LogP contribution in [0.5, 0.6) is 5.88 Å². The van der Waals surface area contributed by atoms with Crippen molar-refractivity contribution in [2.75, 3.05) is 13.2 Å². The summed E-state index contributed by atoms with van der Waals surface area (Å²) in [6, 6.07) is 6.62. The Balaban J connectivity index is 1.40. The van der Waals surface area contributed by atoms with Gasteiger partial charge in [0.05, 0.1) is 17.0 Å². The number of pyridine rings is 1. The lowest BCUT2D eigenvalue weighted by Gasteiger charge is -2.40. The summed E-state index contributed by atoms with van der Waals surface area (Å²) in [5.74, 6) is 0.530. The van der Waals surface area contributed by atoms with Crippen molar-refractivity contribution in [2.45, 2.75) is 76.3 Å². The van der Waals surface area contributed by atoms with Crippen molar-refractivity contribution in [2.24, 2.45) is 5.92 Å². The Kier molecular flexibility index (Phi) is 6.61. The van der Waals surface area contributed by atoms with Gasteiger partial charge < -0.3 is 9.84 Å². The van der Waals surface area contributed by atoms with Crippen LogP contribution in [0.15, 0.2) is 35.4 Å². The lowest BCUT2D eigenvalue weighted by molar-refractivity contribution is 0.0390. The Hall–Kier alpha value is -2.65. The van der Waals surface area contributed by atoms with Crippen LogP contribution in [0.3, 0.4) is 0 Å². The molecule has 9 heteroatoms. The summed E-state index contributed by atoms with van der Waals surface area (Å²) in [6.45, 7) is 9.88. The molecule has 1 aromatic carbocycles. The number of carboxylic acid groups (broad SMARTS) is 1. The van der Waals surface area contributed by atoms with E-state index in [0.717, 1.165) is 35.1 Å². The zero-order valence-electron chi connectivity index (χ0n) is 21.0. The van der Waals surface area contributed by atoms with E-state index in [1.807, 2.05) is 34.6 Å². The number of aryl methyl sites for hydroxylation is 1. The minimum absolute atomic E-state index is 0.0270. The van der Waals surface area contributed by atoms with Crippen molar-refractivity contribution in [1.82, 2.24) is 9.88 Å². The number of rotatable bonds is 8. The number of hydrogen-bond donors (Lipinski definition) is 1. The predicted octanol–water partition coefficient (Wildman–Crippen LogP) is 4.51. The quantitative estimate of drug-likeness (QED) is 0.530. The van der Waals surface area contributed by atoms with Crippen molar-refractivity contribution >= 4 is 16.2 Å². The average molecular weight is 503 g/mol. The summed E-state index contributed by atoms with van der Waals surface area (Å²) in [7, 11) is -3.81. The molecule has 1 amide bonds. The molecule has 1 unspecified atom stereocenters. The molecule has 1 N–H and O–H groups in total. The lowest BCUT2D eigenvalue weighted by Crippen LogP contribution is -2.55. The Labute approximate surface area is 207 Å². The molecule has 8 nitrogen and oxygen atoms in total. The zero-order valence-corrected chi connectivity index (χ0v) is 21.8. The number of carbonyl (C=O) groups is 1. The van der Waals surface area contributed by atoms with E-state index in [9.17, 15) is 18.3 Å². The molecule has 0 aliphatic heterocycles. The summed E-state index contributed by atoms with van der Waals surface area (Å²) in [6.07, 6.45) is 3.72. The Morgan fingerprint density at radius 1 is 1.17 bits per heavy atom. The smallest absolute Gasteiger partial charge is 0.408 e. The first kappa shape index (κ1) is 25.4. The van der Waals surface area contributed by atoms with E-state index >= 15 is 0 Å². The van der Waals surface area contributed by atoms with Crippen LogP contribution in [0.25, 0.3) is 0 Å². The van der Waals surface area contributed by atoms with Crippen LogP contribution in [0.4, 0.5) is 4.79 Å². The summed E-state index contributed by atoms with van der Waals surface area (Å²) >= 11 is 0. The maximum Gasteiger partial charge on any atom is 0.408 e. The van der Waals surface area contributed by atoms with Crippen molar-refractivity contribution in [1.29, 1.82) is 0 Å². The molecule has 0 spiro atoms. The molecule has 2 aliphatic carbocycles. The molecular weight excluding hydrogens is 468 g/mol. The molecule has 0 radical (unpaired) electrons. The van der Waals surface area contributed by atoms with Gasteiger partial charge in [0.1, 0.15) is 6.61 Å². The summed E-state index contributed by atoms with van der Waals surface area (Å²) < 4.78 is 36.6. The number of ether oxygens (including phenoxy) is 1. The second-order valence-corrected chi connectivity index (χ2v) is 12.4. The highest BCUT2D eigenvalue weighted by atomic mass is 32.2. The van der Waals surface area contributed by atoms with Crippen LogP contribution in [0, 0.1) is 19.8 Å². The van der Waals surface area contributed by atoms with Crippen molar-refractivity contribution in [3.63, 3.8) is 0 Å². The summed E-state index contributed by atoms with van der Waals surface area (Å²) in [5, 5.41) is 9.78. The molecule has 1 atom stereocenters. The van der Waals surface area contributed by atoms with Crippen LogP contribution < -0.4 is 4.74 Å². The third-order valence-electron chi connectivity index (χ3n) is 6.91. The maximum absolute atomic E-state index is 12.6. The molecule has 1 fully saturated rings. The van der Waals surface area contributed by atoms with Gasteiger partial charge in [0, 0.05) is 17.3 Å². The molecule has 1 aromatic heterocycles. The summed E-state index contributed by atoms with van der Waals surface area (Å²) in [5.41, 5.74) is 3.01. The van der Waals surface area contributed by atoms with Crippen molar-refractivity contribution in [3.8, 4) is 5.88 Å². The number of benzene rings is 1. The molecule has 4 rings (SSSR count). The third kappa shape index (κ3) is 5.30.